The average Bonchev–Trinajstić information content (AvgIpc) is 3.14. The molecule has 1 fully saturated rings. The van der Waals surface area contributed by atoms with Crippen molar-refractivity contribution in [2.24, 2.45) is 0 Å². The van der Waals surface area contributed by atoms with Crippen LogP contribution in [0.2, 0.25) is 0 Å². The van der Waals surface area contributed by atoms with Gasteiger partial charge in [-0.1, -0.05) is 36.4 Å². The molecule has 2 heterocycles. The Morgan fingerprint density at radius 2 is 1.81 bits per heavy atom. The average molecular weight is 468 g/mol. The summed E-state index contributed by atoms with van der Waals surface area (Å²) in [4.78, 5) is 18.0. The largest absolute Gasteiger partial charge is 0.508 e. The summed E-state index contributed by atoms with van der Waals surface area (Å²) < 4.78 is 5.10. The standard InChI is InChI=1S/C24H25N3O3S2/c1-16-20(17-7-4-3-5-8-17)21(23(29)30-2)22(32-16)25-24(31)27-13-11-26(12-14-27)18-9-6-10-19(28)15-18/h3-10,15,28H,11-14H2,1-2H3,(H,25,31). The zero-order valence-corrected chi connectivity index (χ0v) is 19.6. The van der Waals surface area contributed by atoms with E-state index in [9.17, 15) is 9.90 Å². The van der Waals surface area contributed by atoms with Gasteiger partial charge in [-0.25, -0.2) is 4.79 Å². The third-order valence-corrected chi connectivity index (χ3v) is 6.90. The predicted octanol–water partition coefficient (Wildman–Crippen LogP) is 4.73. The molecule has 0 amide bonds. The molecule has 0 saturated carbocycles. The van der Waals surface area contributed by atoms with Gasteiger partial charge in [-0.15, -0.1) is 11.3 Å². The molecule has 0 radical (unpaired) electrons. The van der Waals surface area contributed by atoms with E-state index in [1.807, 2.05) is 49.4 Å². The highest BCUT2D eigenvalue weighted by molar-refractivity contribution is 7.80. The van der Waals surface area contributed by atoms with Gasteiger partial charge in [0.05, 0.1) is 7.11 Å². The number of methoxy groups -OCH3 is 1. The molecule has 32 heavy (non-hydrogen) atoms. The van der Waals surface area contributed by atoms with Gasteiger partial charge < -0.3 is 25.0 Å². The Labute approximate surface area is 197 Å². The van der Waals surface area contributed by atoms with Crippen LogP contribution in [0.4, 0.5) is 10.7 Å². The molecular weight excluding hydrogens is 442 g/mol. The number of benzene rings is 2. The lowest BCUT2D eigenvalue weighted by Crippen LogP contribution is -2.50. The SMILES string of the molecule is COC(=O)c1c(NC(=S)N2CCN(c3cccc(O)c3)CC2)sc(C)c1-c1ccccc1. The number of anilines is 2. The lowest BCUT2D eigenvalue weighted by Gasteiger charge is -2.37. The Kier molecular flexibility index (Phi) is 6.62. The molecule has 1 aliphatic heterocycles. The number of ether oxygens (including phenoxy) is 1. The van der Waals surface area contributed by atoms with Crippen LogP contribution in [0.3, 0.4) is 0 Å². The number of aryl methyl sites for hydroxylation is 1. The number of carbonyl (C=O) groups is 1. The molecule has 8 heteroatoms. The molecule has 1 aliphatic rings. The molecule has 2 N–H and O–H groups in total. The van der Waals surface area contributed by atoms with Crippen LogP contribution >= 0.6 is 23.6 Å². The van der Waals surface area contributed by atoms with Crippen molar-refractivity contribution in [1.82, 2.24) is 4.90 Å². The van der Waals surface area contributed by atoms with Crippen molar-refractivity contribution in [2.75, 3.05) is 43.5 Å². The van der Waals surface area contributed by atoms with E-state index in [-0.39, 0.29) is 11.7 Å². The van der Waals surface area contributed by atoms with Gasteiger partial charge in [-0.05, 0) is 36.8 Å². The first kappa shape index (κ1) is 22.1. The van der Waals surface area contributed by atoms with Crippen LogP contribution in [0.5, 0.6) is 5.75 Å². The third kappa shape index (κ3) is 4.56. The van der Waals surface area contributed by atoms with Crippen LogP contribution in [0.15, 0.2) is 54.6 Å². The maximum atomic E-state index is 12.7. The maximum absolute atomic E-state index is 12.7. The van der Waals surface area contributed by atoms with E-state index >= 15 is 0 Å². The minimum absolute atomic E-state index is 0.264. The Morgan fingerprint density at radius 3 is 2.47 bits per heavy atom. The van der Waals surface area contributed by atoms with Crippen molar-refractivity contribution in [3.8, 4) is 16.9 Å². The summed E-state index contributed by atoms with van der Waals surface area (Å²) in [6.45, 7) is 5.05. The van der Waals surface area contributed by atoms with Gasteiger partial charge in [0.15, 0.2) is 5.11 Å². The molecule has 3 aromatic rings. The second-order valence-electron chi connectivity index (χ2n) is 7.52. The number of piperazine rings is 1. The van der Waals surface area contributed by atoms with Gasteiger partial charge in [0.25, 0.3) is 0 Å². The minimum atomic E-state index is -0.382. The summed E-state index contributed by atoms with van der Waals surface area (Å²) in [5.74, 6) is -0.119. The molecule has 1 saturated heterocycles. The normalized spacial score (nSPS) is 13.7. The van der Waals surface area contributed by atoms with Gasteiger partial charge in [0, 0.05) is 48.4 Å². The molecule has 166 valence electrons. The summed E-state index contributed by atoms with van der Waals surface area (Å²) in [7, 11) is 1.40. The number of hydrogen-bond acceptors (Lipinski definition) is 6. The van der Waals surface area contributed by atoms with Gasteiger partial charge in [0.1, 0.15) is 16.3 Å². The molecule has 2 aromatic carbocycles. The van der Waals surface area contributed by atoms with Crippen molar-refractivity contribution >= 4 is 45.3 Å². The second kappa shape index (κ2) is 9.58. The van der Waals surface area contributed by atoms with Crippen LogP contribution in [0, 0.1) is 6.92 Å². The molecule has 0 aliphatic carbocycles. The van der Waals surface area contributed by atoms with Crippen LogP contribution < -0.4 is 10.2 Å². The number of nitrogens with zero attached hydrogens (tertiary/aromatic N) is 2. The molecule has 4 rings (SSSR count). The summed E-state index contributed by atoms with van der Waals surface area (Å²) in [5, 5.41) is 14.3. The van der Waals surface area contributed by atoms with E-state index in [2.05, 4.69) is 15.1 Å². The lowest BCUT2D eigenvalue weighted by molar-refractivity contribution is 0.0603. The van der Waals surface area contributed by atoms with Crippen molar-refractivity contribution < 1.29 is 14.6 Å². The second-order valence-corrected chi connectivity index (χ2v) is 9.13. The summed E-state index contributed by atoms with van der Waals surface area (Å²) >= 11 is 7.20. The molecule has 0 atom stereocenters. The Balaban J connectivity index is 1.51. The molecular formula is C24H25N3O3S2. The Morgan fingerprint density at radius 1 is 1.09 bits per heavy atom. The fourth-order valence-corrected chi connectivity index (χ4v) is 5.33. The minimum Gasteiger partial charge on any atom is -0.508 e. The highest BCUT2D eigenvalue weighted by Gasteiger charge is 2.26. The molecule has 0 spiro atoms. The van der Waals surface area contributed by atoms with Crippen molar-refractivity contribution in [1.29, 1.82) is 0 Å². The fraction of sp³-hybridized carbons (Fsp3) is 0.250. The van der Waals surface area contributed by atoms with Crippen LogP contribution in [0.25, 0.3) is 11.1 Å². The van der Waals surface area contributed by atoms with Crippen molar-refractivity contribution in [3.05, 3.63) is 65.0 Å². The van der Waals surface area contributed by atoms with Crippen molar-refractivity contribution in [2.45, 2.75) is 6.92 Å². The molecule has 1 aromatic heterocycles. The van der Waals surface area contributed by atoms with Crippen LogP contribution in [-0.2, 0) is 4.74 Å². The highest BCUT2D eigenvalue weighted by Crippen LogP contribution is 2.40. The number of nitrogens with one attached hydrogen (secondary N) is 1. The van der Waals surface area contributed by atoms with Gasteiger partial charge >= 0.3 is 5.97 Å². The predicted molar refractivity (Wildman–Crippen MR) is 134 cm³/mol. The van der Waals surface area contributed by atoms with Crippen LogP contribution in [-0.4, -0.2) is 54.4 Å². The van der Waals surface area contributed by atoms with E-state index in [1.165, 1.54) is 18.4 Å². The summed E-state index contributed by atoms with van der Waals surface area (Å²) in [6.07, 6.45) is 0. The van der Waals surface area contributed by atoms with E-state index in [0.29, 0.717) is 15.7 Å². The zero-order chi connectivity index (χ0) is 22.7. The van der Waals surface area contributed by atoms with Gasteiger partial charge in [0.2, 0.25) is 0 Å². The molecule has 0 bridgehead atoms. The number of phenols is 1. The van der Waals surface area contributed by atoms with Crippen molar-refractivity contribution in [3.63, 3.8) is 0 Å². The number of phenolic OH excluding ortho intramolecular Hbond substituents is 1. The lowest BCUT2D eigenvalue weighted by atomic mass is 10.0. The Hall–Kier alpha value is -3.10. The number of carbonyl (C=O) groups excluding carboxylic acids is 1. The number of aromatic hydroxyl groups is 1. The van der Waals surface area contributed by atoms with E-state index in [0.717, 1.165) is 47.9 Å². The first-order valence-corrected chi connectivity index (χ1v) is 11.6. The summed E-state index contributed by atoms with van der Waals surface area (Å²) in [6, 6.07) is 17.1. The summed E-state index contributed by atoms with van der Waals surface area (Å²) in [5.41, 5.74) is 3.36. The Bertz CT molecular complexity index is 1120. The number of hydrogen-bond donors (Lipinski definition) is 2. The van der Waals surface area contributed by atoms with Gasteiger partial charge in [-0.2, -0.15) is 0 Å². The number of thiophene rings is 1. The van der Waals surface area contributed by atoms with Crippen LogP contribution in [0.1, 0.15) is 15.2 Å². The highest BCUT2D eigenvalue weighted by atomic mass is 32.1. The van der Waals surface area contributed by atoms with E-state index in [1.54, 1.807) is 12.1 Å². The molecule has 6 nitrogen and oxygen atoms in total. The maximum Gasteiger partial charge on any atom is 0.341 e. The first-order valence-electron chi connectivity index (χ1n) is 10.3. The smallest absolute Gasteiger partial charge is 0.341 e. The van der Waals surface area contributed by atoms with E-state index in [4.69, 9.17) is 17.0 Å². The number of thiocarbonyl (C=S) groups is 1. The van der Waals surface area contributed by atoms with Gasteiger partial charge in [-0.3, -0.25) is 0 Å². The quantitative estimate of drug-likeness (QED) is 0.425. The number of rotatable bonds is 4. The third-order valence-electron chi connectivity index (χ3n) is 5.52. The monoisotopic (exact) mass is 467 g/mol. The first-order chi connectivity index (χ1) is 15.5. The fourth-order valence-electron chi connectivity index (χ4n) is 3.92. The molecule has 0 unspecified atom stereocenters. The number of esters is 1. The topological polar surface area (TPSA) is 65.0 Å². The van der Waals surface area contributed by atoms with E-state index < -0.39 is 0 Å². The zero-order valence-electron chi connectivity index (χ0n) is 18.0.